The van der Waals surface area contributed by atoms with Crippen molar-refractivity contribution in [1.29, 1.82) is 0 Å². The van der Waals surface area contributed by atoms with Gasteiger partial charge in [0.05, 0.1) is 6.04 Å². The summed E-state index contributed by atoms with van der Waals surface area (Å²) in [5, 5.41) is 0. The molecule has 1 unspecified atom stereocenters. The van der Waals surface area contributed by atoms with Crippen LogP contribution in [0.2, 0.25) is 0 Å². The Labute approximate surface area is 124 Å². The van der Waals surface area contributed by atoms with Crippen LogP contribution in [0.4, 0.5) is 0 Å². The standard InChI is InChI=1S/C19H27N/c1-6-9-10-16(4)20(5)19(8-3)15-18-13-11-17(7-2)12-14-18/h6,8,11-14,19H,1,3-4,7,9-10,15H2,2,5H3. The van der Waals surface area contributed by atoms with Gasteiger partial charge in [-0.1, -0.05) is 49.9 Å². The SMILES string of the molecule is C=CCCC(=C)N(C)C(C=C)Cc1ccc(CC)cc1. The lowest BCUT2D eigenvalue weighted by atomic mass is 10.0. The van der Waals surface area contributed by atoms with E-state index < -0.39 is 0 Å². The third-order valence-electron chi connectivity index (χ3n) is 3.78. The minimum absolute atomic E-state index is 0.291. The Morgan fingerprint density at radius 3 is 2.30 bits per heavy atom. The minimum Gasteiger partial charge on any atom is -0.372 e. The van der Waals surface area contributed by atoms with Gasteiger partial charge in [-0.3, -0.25) is 0 Å². The second-order valence-electron chi connectivity index (χ2n) is 5.18. The van der Waals surface area contributed by atoms with Crippen LogP contribution in [-0.2, 0) is 12.8 Å². The van der Waals surface area contributed by atoms with Crippen LogP contribution in [0.1, 0.15) is 30.9 Å². The quantitative estimate of drug-likeness (QED) is 0.584. The van der Waals surface area contributed by atoms with E-state index in [9.17, 15) is 0 Å². The van der Waals surface area contributed by atoms with Crippen LogP contribution in [0.15, 0.2) is 61.9 Å². The zero-order valence-electron chi connectivity index (χ0n) is 12.9. The van der Waals surface area contributed by atoms with Crippen LogP contribution in [0.3, 0.4) is 0 Å². The van der Waals surface area contributed by atoms with Crippen LogP contribution in [-0.4, -0.2) is 18.0 Å². The van der Waals surface area contributed by atoms with E-state index in [4.69, 9.17) is 0 Å². The minimum atomic E-state index is 0.291. The molecule has 108 valence electrons. The number of hydrogen-bond donors (Lipinski definition) is 0. The molecule has 1 nitrogen and oxygen atoms in total. The highest BCUT2D eigenvalue weighted by atomic mass is 15.1. The number of benzene rings is 1. The topological polar surface area (TPSA) is 3.24 Å². The van der Waals surface area contributed by atoms with Gasteiger partial charge in [-0.15, -0.1) is 13.2 Å². The van der Waals surface area contributed by atoms with Crippen LogP contribution in [0, 0.1) is 0 Å². The van der Waals surface area contributed by atoms with Gasteiger partial charge in [-0.05, 0) is 36.8 Å². The van der Waals surface area contributed by atoms with E-state index in [-0.39, 0.29) is 0 Å². The van der Waals surface area contributed by atoms with Gasteiger partial charge in [0.15, 0.2) is 0 Å². The number of likely N-dealkylation sites (N-methyl/N-ethyl adjacent to an activating group) is 1. The molecule has 0 heterocycles. The van der Waals surface area contributed by atoms with Crippen LogP contribution in [0.5, 0.6) is 0 Å². The summed E-state index contributed by atoms with van der Waals surface area (Å²) in [6.07, 6.45) is 7.93. The summed E-state index contributed by atoms with van der Waals surface area (Å²) in [4.78, 5) is 2.23. The Balaban J connectivity index is 2.67. The molecule has 1 heteroatoms. The highest BCUT2D eigenvalue weighted by Gasteiger charge is 2.13. The maximum Gasteiger partial charge on any atom is 0.0504 e. The van der Waals surface area contributed by atoms with Crippen LogP contribution < -0.4 is 0 Å². The number of nitrogens with zero attached hydrogens (tertiary/aromatic N) is 1. The summed E-state index contributed by atoms with van der Waals surface area (Å²) in [6, 6.07) is 9.15. The molecule has 1 rings (SSSR count). The summed E-state index contributed by atoms with van der Waals surface area (Å²) in [6.45, 7) is 14.1. The van der Waals surface area contributed by atoms with Gasteiger partial charge in [0, 0.05) is 12.7 Å². The average Bonchev–Trinajstić information content (AvgIpc) is 2.50. The van der Waals surface area contributed by atoms with E-state index in [0.29, 0.717) is 6.04 Å². The Morgan fingerprint density at radius 1 is 1.20 bits per heavy atom. The maximum atomic E-state index is 4.16. The highest BCUT2D eigenvalue weighted by Crippen LogP contribution is 2.16. The van der Waals surface area contributed by atoms with Gasteiger partial charge in [0.25, 0.3) is 0 Å². The normalized spacial score (nSPS) is 11.7. The molecular formula is C19H27N. The Hall–Kier alpha value is -1.76. The molecule has 0 radical (unpaired) electrons. The van der Waals surface area contributed by atoms with E-state index in [1.807, 2.05) is 12.2 Å². The summed E-state index contributed by atoms with van der Waals surface area (Å²) < 4.78 is 0. The molecule has 0 aliphatic carbocycles. The first-order valence-corrected chi connectivity index (χ1v) is 7.34. The lowest BCUT2D eigenvalue weighted by Gasteiger charge is -2.29. The predicted molar refractivity (Wildman–Crippen MR) is 89.8 cm³/mol. The van der Waals surface area contributed by atoms with Crippen molar-refractivity contribution in [3.63, 3.8) is 0 Å². The molecule has 1 atom stereocenters. The van der Waals surface area contributed by atoms with Crippen molar-refractivity contribution in [3.8, 4) is 0 Å². The van der Waals surface area contributed by atoms with E-state index in [1.54, 1.807) is 0 Å². The van der Waals surface area contributed by atoms with Crippen molar-refractivity contribution in [2.45, 2.75) is 38.6 Å². The second kappa shape index (κ2) is 8.42. The molecule has 0 N–H and O–H groups in total. The molecule has 1 aromatic carbocycles. The molecule has 0 fully saturated rings. The monoisotopic (exact) mass is 269 g/mol. The smallest absolute Gasteiger partial charge is 0.0504 e. The van der Waals surface area contributed by atoms with Gasteiger partial charge in [-0.2, -0.15) is 0 Å². The molecule has 0 aliphatic rings. The molecule has 0 spiro atoms. The van der Waals surface area contributed by atoms with Crippen LogP contribution in [0.25, 0.3) is 0 Å². The van der Waals surface area contributed by atoms with Gasteiger partial charge < -0.3 is 4.90 Å². The first-order valence-electron chi connectivity index (χ1n) is 7.34. The van der Waals surface area contributed by atoms with Crippen molar-refractivity contribution >= 4 is 0 Å². The third kappa shape index (κ3) is 4.73. The maximum absolute atomic E-state index is 4.16. The molecule has 0 bridgehead atoms. The van der Waals surface area contributed by atoms with Crippen LogP contribution >= 0.6 is 0 Å². The fourth-order valence-corrected chi connectivity index (χ4v) is 2.21. The molecule has 20 heavy (non-hydrogen) atoms. The van der Waals surface area contributed by atoms with Gasteiger partial charge in [-0.25, -0.2) is 0 Å². The number of hydrogen-bond acceptors (Lipinski definition) is 1. The van der Waals surface area contributed by atoms with Gasteiger partial charge in [0.2, 0.25) is 0 Å². The fourth-order valence-electron chi connectivity index (χ4n) is 2.21. The van der Waals surface area contributed by atoms with E-state index in [1.165, 1.54) is 11.1 Å². The first kappa shape index (κ1) is 16.3. The van der Waals surface area contributed by atoms with Crippen molar-refractivity contribution in [1.82, 2.24) is 4.90 Å². The molecule has 0 aromatic heterocycles. The van der Waals surface area contributed by atoms with Crippen molar-refractivity contribution in [3.05, 3.63) is 73.0 Å². The molecular weight excluding hydrogens is 242 g/mol. The van der Waals surface area contributed by atoms with E-state index in [0.717, 1.165) is 31.4 Å². The van der Waals surface area contributed by atoms with Crippen molar-refractivity contribution < 1.29 is 0 Å². The summed E-state index contributed by atoms with van der Waals surface area (Å²) in [5.41, 5.74) is 3.86. The molecule has 0 amide bonds. The third-order valence-corrected chi connectivity index (χ3v) is 3.78. The van der Waals surface area contributed by atoms with E-state index >= 15 is 0 Å². The number of allylic oxidation sites excluding steroid dienone is 2. The fraction of sp³-hybridized carbons (Fsp3) is 0.368. The van der Waals surface area contributed by atoms with Crippen molar-refractivity contribution in [2.75, 3.05) is 7.05 Å². The van der Waals surface area contributed by atoms with E-state index in [2.05, 4.69) is 62.9 Å². The molecule has 0 saturated carbocycles. The number of rotatable bonds is 9. The molecule has 1 aromatic rings. The second-order valence-corrected chi connectivity index (χ2v) is 5.18. The Kier molecular flexibility index (Phi) is 6.86. The largest absolute Gasteiger partial charge is 0.372 e. The Morgan fingerprint density at radius 2 is 1.80 bits per heavy atom. The average molecular weight is 269 g/mol. The highest BCUT2D eigenvalue weighted by molar-refractivity contribution is 5.24. The van der Waals surface area contributed by atoms with Gasteiger partial charge in [0.1, 0.15) is 0 Å². The summed E-state index contributed by atoms with van der Waals surface area (Å²) in [7, 11) is 2.10. The van der Waals surface area contributed by atoms with Crippen molar-refractivity contribution in [2.24, 2.45) is 0 Å². The Bertz CT molecular complexity index is 441. The number of aryl methyl sites for hydroxylation is 1. The zero-order valence-corrected chi connectivity index (χ0v) is 12.9. The summed E-state index contributed by atoms with van der Waals surface area (Å²) >= 11 is 0. The molecule has 0 aliphatic heterocycles. The zero-order chi connectivity index (χ0) is 15.0. The summed E-state index contributed by atoms with van der Waals surface area (Å²) in [5.74, 6) is 0. The lowest BCUT2D eigenvalue weighted by Crippen LogP contribution is -2.30. The predicted octanol–water partition coefficient (Wildman–Crippen LogP) is 4.76. The molecule has 0 saturated heterocycles. The van der Waals surface area contributed by atoms with Gasteiger partial charge >= 0.3 is 0 Å². The lowest BCUT2D eigenvalue weighted by molar-refractivity contribution is 0.341. The first-order chi connectivity index (χ1) is 9.62.